The van der Waals surface area contributed by atoms with Crippen LogP contribution in [0.5, 0.6) is 23.0 Å². The van der Waals surface area contributed by atoms with Gasteiger partial charge in [0.15, 0.2) is 18.3 Å². The van der Waals surface area contributed by atoms with Crippen molar-refractivity contribution in [3.8, 4) is 34.3 Å². The molecule has 19 nitrogen and oxygen atoms in total. The smallest absolute Gasteiger partial charge is 0.239 e. The Kier molecular flexibility index (Phi) is 10.7. The predicted octanol–water partition coefficient (Wildman–Crippen LogP) is -2.93. The molecule has 3 aromatic rings. The zero-order chi connectivity index (χ0) is 36.9. The molecule has 3 aliphatic heterocycles. The normalized spacial score (nSPS) is 37.4. The summed E-state index contributed by atoms with van der Waals surface area (Å²) in [6.07, 6.45) is -23.1. The maximum absolute atomic E-state index is 13.7. The van der Waals surface area contributed by atoms with Gasteiger partial charge in [0.05, 0.1) is 19.3 Å². The summed E-state index contributed by atoms with van der Waals surface area (Å²) in [5.74, 6) is -2.14. The molecule has 0 bridgehead atoms. The van der Waals surface area contributed by atoms with Crippen molar-refractivity contribution in [3.63, 3.8) is 0 Å². The van der Waals surface area contributed by atoms with E-state index in [0.717, 1.165) is 12.1 Å². The van der Waals surface area contributed by atoms with Crippen molar-refractivity contribution < 1.29 is 89.0 Å². The predicted molar refractivity (Wildman–Crippen MR) is 165 cm³/mol. The van der Waals surface area contributed by atoms with Gasteiger partial charge in [-0.25, -0.2) is 0 Å². The molecule has 19 heteroatoms. The van der Waals surface area contributed by atoms with Gasteiger partial charge in [-0.1, -0.05) is 0 Å². The monoisotopic (exact) mass is 726 g/mol. The highest BCUT2D eigenvalue weighted by Gasteiger charge is 2.50. The summed E-state index contributed by atoms with van der Waals surface area (Å²) in [6, 6.07) is 7.22. The van der Waals surface area contributed by atoms with Crippen molar-refractivity contribution in [3.05, 3.63) is 46.6 Å². The van der Waals surface area contributed by atoms with Crippen molar-refractivity contribution in [2.24, 2.45) is 0 Å². The molecule has 6 rings (SSSR count). The summed E-state index contributed by atoms with van der Waals surface area (Å²) in [5, 5.41) is 114. The van der Waals surface area contributed by atoms with E-state index < -0.39 is 127 Å². The molecule has 0 aliphatic carbocycles. The Morgan fingerprint density at radius 1 is 0.745 bits per heavy atom. The molecule has 11 N–H and O–H groups in total. The van der Waals surface area contributed by atoms with Crippen LogP contribution in [0, 0.1) is 0 Å². The van der Waals surface area contributed by atoms with Crippen molar-refractivity contribution in [1.82, 2.24) is 0 Å². The zero-order valence-corrected chi connectivity index (χ0v) is 26.6. The van der Waals surface area contributed by atoms with Crippen LogP contribution in [0.2, 0.25) is 0 Å². The van der Waals surface area contributed by atoms with Crippen LogP contribution in [0.25, 0.3) is 22.3 Å². The van der Waals surface area contributed by atoms with Gasteiger partial charge < -0.3 is 89.0 Å². The first-order valence-corrected chi connectivity index (χ1v) is 15.8. The minimum absolute atomic E-state index is 0.129. The number of benzene rings is 2. The van der Waals surface area contributed by atoms with Crippen LogP contribution in [0.1, 0.15) is 6.92 Å². The quantitative estimate of drug-likeness (QED) is 0.111. The Morgan fingerprint density at radius 3 is 2.14 bits per heavy atom. The van der Waals surface area contributed by atoms with Crippen LogP contribution >= 0.6 is 0 Å². The van der Waals surface area contributed by atoms with Crippen LogP contribution in [0.3, 0.4) is 0 Å². The standard InChI is InChI=1S/C32H38O19/c1-10-19(37)24(42)29(51-30-25(43)20(38)15(36)8-45-30)32(47-10)46-9-17-21(39)23(41)26(44)31(49-17)50-28-22(40)18-14(35)6-13(34)7-16(18)48-27(28)11-2-4-12(33)5-3-11/h2-7,10,15,17,19-21,23-26,29-39,41-44H,8-9H2,1H3/t10-,15+,17+,19-,20-,21+,23-,24+,25+,26+,29+,30-,31-,32+/m0/s1. The molecule has 0 radical (unpaired) electrons. The minimum atomic E-state index is -1.99. The first-order valence-electron chi connectivity index (χ1n) is 15.8. The molecule has 3 saturated heterocycles. The Hall–Kier alpha value is -3.67. The van der Waals surface area contributed by atoms with E-state index in [9.17, 15) is 61.0 Å². The van der Waals surface area contributed by atoms with Crippen LogP contribution in [0.4, 0.5) is 0 Å². The van der Waals surface area contributed by atoms with Gasteiger partial charge >= 0.3 is 0 Å². The van der Waals surface area contributed by atoms with E-state index >= 15 is 0 Å². The average molecular weight is 727 g/mol. The molecule has 3 aliphatic rings. The second-order valence-corrected chi connectivity index (χ2v) is 12.5. The number of fused-ring (bicyclic) bond motifs is 1. The molecule has 0 spiro atoms. The maximum Gasteiger partial charge on any atom is 0.239 e. The molecule has 0 amide bonds. The fraction of sp³-hybridized carbons (Fsp3) is 0.531. The third-order valence-corrected chi connectivity index (χ3v) is 8.90. The molecule has 3 fully saturated rings. The minimum Gasteiger partial charge on any atom is -0.508 e. The highest BCUT2D eigenvalue weighted by molar-refractivity contribution is 5.88. The van der Waals surface area contributed by atoms with Crippen molar-refractivity contribution in [2.45, 2.75) is 92.9 Å². The Labute approximate surface area is 287 Å². The lowest BCUT2D eigenvalue weighted by molar-refractivity contribution is -0.359. The molecular weight excluding hydrogens is 688 g/mol. The van der Waals surface area contributed by atoms with Gasteiger partial charge in [-0.05, 0) is 31.2 Å². The number of aromatic hydroxyl groups is 3. The van der Waals surface area contributed by atoms with Crippen LogP contribution in [-0.4, -0.2) is 155 Å². The van der Waals surface area contributed by atoms with E-state index in [1.54, 1.807) is 0 Å². The fourth-order valence-electron chi connectivity index (χ4n) is 5.97. The highest BCUT2D eigenvalue weighted by atomic mass is 16.8. The Morgan fingerprint density at radius 2 is 1.43 bits per heavy atom. The van der Waals surface area contributed by atoms with Crippen LogP contribution in [-0.2, 0) is 23.7 Å². The number of hydrogen-bond donors (Lipinski definition) is 11. The van der Waals surface area contributed by atoms with Gasteiger partial charge in [-0.15, -0.1) is 0 Å². The third kappa shape index (κ3) is 7.22. The molecular formula is C32H38O19. The number of phenols is 3. The summed E-state index contributed by atoms with van der Waals surface area (Å²) in [5.41, 5.74) is -1.06. The first kappa shape index (κ1) is 37.1. The summed E-state index contributed by atoms with van der Waals surface area (Å²) in [6.45, 7) is 0.298. The summed E-state index contributed by atoms with van der Waals surface area (Å²) in [4.78, 5) is 13.7. The fourth-order valence-corrected chi connectivity index (χ4v) is 5.97. The second kappa shape index (κ2) is 14.8. The van der Waals surface area contributed by atoms with Crippen LogP contribution < -0.4 is 10.2 Å². The van der Waals surface area contributed by atoms with E-state index in [1.165, 1.54) is 31.2 Å². The first-order chi connectivity index (χ1) is 24.2. The van der Waals surface area contributed by atoms with Gasteiger partial charge in [0.25, 0.3) is 0 Å². The van der Waals surface area contributed by atoms with Crippen molar-refractivity contribution in [1.29, 1.82) is 0 Å². The number of aliphatic hydroxyl groups excluding tert-OH is 8. The van der Waals surface area contributed by atoms with Crippen molar-refractivity contribution in [2.75, 3.05) is 13.2 Å². The zero-order valence-electron chi connectivity index (χ0n) is 26.6. The number of phenolic OH excluding ortho intramolecular Hbond substituents is 3. The lowest BCUT2D eigenvalue weighted by Gasteiger charge is -2.45. The van der Waals surface area contributed by atoms with E-state index in [2.05, 4.69) is 0 Å². The summed E-state index contributed by atoms with van der Waals surface area (Å²) < 4.78 is 39.6. The van der Waals surface area contributed by atoms with Crippen molar-refractivity contribution >= 4 is 11.0 Å². The van der Waals surface area contributed by atoms with Gasteiger partial charge in [-0.3, -0.25) is 4.79 Å². The molecule has 0 unspecified atom stereocenters. The number of ether oxygens (including phenoxy) is 6. The molecule has 2 aromatic carbocycles. The molecule has 0 saturated carbocycles. The lowest BCUT2D eigenvalue weighted by Crippen LogP contribution is -2.63. The maximum atomic E-state index is 13.7. The van der Waals surface area contributed by atoms with Gasteiger partial charge in [0.2, 0.25) is 17.5 Å². The largest absolute Gasteiger partial charge is 0.508 e. The van der Waals surface area contributed by atoms with E-state index in [-0.39, 0.29) is 22.7 Å². The third-order valence-electron chi connectivity index (χ3n) is 8.90. The topological polar surface area (TPSA) is 308 Å². The lowest BCUT2D eigenvalue weighted by atomic mass is 9.98. The number of aliphatic hydroxyl groups is 8. The molecule has 280 valence electrons. The van der Waals surface area contributed by atoms with Crippen LogP contribution in [0.15, 0.2) is 45.6 Å². The Balaban J connectivity index is 1.26. The van der Waals surface area contributed by atoms with Gasteiger partial charge in [0, 0.05) is 17.7 Å². The second-order valence-electron chi connectivity index (χ2n) is 12.5. The number of hydrogen-bond acceptors (Lipinski definition) is 19. The molecule has 51 heavy (non-hydrogen) atoms. The number of rotatable bonds is 8. The van der Waals surface area contributed by atoms with Gasteiger partial charge in [0.1, 0.15) is 89.3 Å². The van der Waals surface area contributed by atoms with Gasteiger partial charge in [-0.2, -0.15) is 0 Å². The highest BCUT2D eigenvalue weighted by Crippen LogP contribution is 2.38. The van der Waals surface area contributed by atoms with E-state index in [1.807, 2.05) is 0 Å². The SMILES string of the molecule is C[C@@H]1O[C@@H](OC[C@H]2O[C@@H](Oc3c(-c4ccc(O)cc4)oc4cc(O)cc(O)c4c3=O)[C@H](O)[C@@H](O)[C@@H]2O)[C@H](O[C@@H]2OC[C@@H](O)[C@H](O)[C@H]2O)[C@H](O)[C@H]1O. The average Bonchev–Trinajstić information content (AvgIpc) is 3.09. The molecule has 4 heterocycles. The van der Waals surface area contributed by atoms with E-state index in [4.69, 9.17) is 32.8 Å². The summed E-state index contributed by atoms with van der Waals surface area (Å²) >= 11 is 0. The summed E-state index contributed by atoms with van der Waals surface area (Å²) in [7, 11) is 0. The molecule has 1 aromatic heterocycles. The van der Waals surface area contributed by atoms with E-state index in [0.29, 0.717) is 0 Å². The Bertz CT molecular complexity index is 1730. The molecule has 14 atom stereocenters.